The predicted octanol–water partition coefficient (Wildman–Crippen LogP) is 3.17. The Morgan fingerprint density at radius 1 is 1.44 bits per heavy atom. The lowest BCUT2D eigenvalue weighted by Crippen LogP contribution is -2.22. The van der Waals surface area contributed by atoms with Gasteiger partial charge in [0.05, 0.1) is 0 Å². The lowest BCUT2D eigenvalue weighted by molar-refractivity contribution is 0.529. The van der Waals surface area contributed by atoms with Crippen molar-refractivity contribution in [1.29, 1.82) is 0 Å². The summed E-state index contributed by atoms with van der Waals surface area (Å²) < 4.78 is 13.3. The zero-order chi connectivity index (χ0) is 13.0. The van der Waals surface area contributed by atoms with Crippen LogP contribution in [0.3, 0.4) is 0 Å². The quantitative estimate of drug-likeness (QED) is 0.863. The van der Waals surface area contributed by atoms with Crippen LogP contribution in [-0.4, -0.2) is 20.1 Å². The molecule has 0 radical (unpaired) electrons. The topological polar surface area (TPSA) is 15.3 Å². The van der Waals surface area contributed by atoms with E-state index in [2.05, 4.69) is 17.1 Å². The minimum atomic E-state index is -0.145. The van der Waals surface area contributed by atoms with Crippen molar-refractivity contribution in [2.24, 2.45) is 5.92 Å². The van der Waals surface area contributed by atoms with Crippen LogP contribution in [0.15, 0.2) is 18.2 Å². The number of benzene rings is 1. The molecule has 1 heterocycles. The highest BCUT2D eigenvalue weighted by atomic mass is 19.1. The number of rotatable bonds is 5. The molecule has 0 aliphatic carbocycles. The maximum absolute atomic E-state index is 13.3. The maximum atomic E-state index is 13.3. The highest BCUT2D eigenvalue weighted by Gasteiger charge is 2.23. The molecule has 1 aromatic carbocycles. The highest BCUT2D eigenvalue weighted by molar-refractivity contribution is 5.54. The van der Waals surface area contributed by atoms with Gasteiger partial charge >= 0.3 is 0 Å². The molecule has 1 saturated heterocycles. The average molecular weight is 250 g/mol. The van der Waals surface area contributed by atoms with Crippen molar-refractivity contribution >= 4 is 5.69 Å². The van der Waals surface area contributed by atoms with Crippen LogP contribution in [0, 0.1) is 11.7 Å². The second-order valence-electron chi connectivity index (χ2n) is 5.19. The van der Waals surface area contributed by atoms with Crippen LogP contribution in [0.25, 0.3) is 0 Å². The number of hydrogen-bond acceptors (Lipinski definition) is 2. The van der Waals surface area contributed by atoms with Crippen LogP contribution in [0.2, 0.25) is 0 Å². The lowest BCUT2D eigenvalue weighted by Gasteiger charge is -2.22. The van der Waals surface area contributed by atoms with Crippen LogP contribution in [0.1, 0.15) is 31.7 Å². The van der Waals surface area contributed by atoms with Crippen molar-refractivity contribution in [3.05, 3.63) is 29.6 Å². The van der Waals surface area contributed by atoms with Crippen LogP contribution < -0.4 is 10.2 Å². The monoisotopic (exact) mass is 250 g/mol. The van der Waals surface area contributed by atoms with E-state index in [1.165, 1.54) is 24.9 Å². The fraction of sp³-hybridized carbons (Fsp3) is 0.600. The molecule has 1 N–H and O–H groups in total. The van der Waals surface area contributed by atoms with E-state index in [9.17, 15) is 4.39 Å². The van der Waals surface area contributed by atoms with Gasteiger partial charge in [0.1, 0.15) is 5.82 Å². The first-order chi connectivity index (χ1) is 8.74. The summed E-state index contributed by atoms with van der Waals surface area (Å²) in [5.74, 6) is 0.663. The first-order valence-electron chi connectivity index (χ1n) is 6.92. The van der Waals surface area contributed by atoms with E-state index in [0.717, 1.165) is 31.1 Å². The molecule has 1 atom stereocenters. The summed E-state index contributed by atoms with van der Waals surface area (Å²) in [5.41, 5.74) is 2.26. The molecule has 0 bridgehead atoms. The fourth-order valence-electron chi connectivity index (χ4n) is 2.89. The van der Waals surface area contributed by atoms with Crippen LogP contribution in [0.5, 0.6) is 0 Å². The van der Waals surface area contributed by atoms with Crippen LogP contribution in [0.4, 0.5) is 10.1 Å². The van der Waals surface area contributed by atoms with Gasteiger partial charge in [0.15, 0.2) is 0 Å². The Hall–Kier alpha value is -1.09. The Kier molecular flexibility index (Phi) is 4.59. The van der Waals surface area contributed by atoms with Crippen LogP contribution >= 0.6 is 0 Å². The van der Waals surface area contributed by atoms with E-state index in [-0.39, 0.29) is 5.82 Å². The molecular formula is C15H23FN2. The molecule has 3 heteroatoms. The minimum absolute atomic E-state index is 0.145. The van der Waals surface area contributed by atoms with Crippen molar-refractivity contribution in [2.75, 3.05) is 25.0 Å². The van der Waals surface area contributed by atoms with Crippen LogP contribution in [-0.2, 0) is 6.54 Å². The Morgan fingerprint density at radius 3 is 3.00 bits per heavy atom. The summed E-state index contributed by atoms with van der Waals surface area (Å²) in [5, 5.41) is 3.12. The van der Waals surface area contributed by atoms with Crippen molar-refractivity contribution in [1.82, 2.24) is 5.32 Å². The molecule has 0 saturated carbocycles. The molecule has 0 amide bonds. The third-order valence-electron chi connectivity index (χ3n) is 3.73. The van der Waals surface area contributed by atoms with E-state index in [0.29, 0.717) is 0 Å². The molecule has 2 nitrogen and oxygen atoms in total. The number of nitrogens with zero attached hydrogens (tertiary/aromatic N) is 1. The second kappa shape index (κ2) is 6.19. The van der Waals surface area contributed by atoms with Gasteiger partial charge in [-0.1, -0.05) is 13.3 Å². The Labute approximate surface area is 109 Å². The summed E-state index contributed by atoms with van der Waals surface area (Å²) in [6.07, 6.45) is 3.83. The molecule has 1 aliphatic rings. The Morgan fingerprint density at radius 2 is 2.28 bits per heavy atom. The predicted molar refractivity (Wildman–Crippen MR) is 74.4 cm³/mol. The van der Waals surface area contributed by atoms with E-state index in [1.54, 1.807) is 12.1 Å². The molecule has 0 aromatic heterocycles. The van der Waals surface area contributed by atoms with E-state index >= 15 is 0 Å². The molecule has 18 heavy (non-hydrogen) atoms. The molecular weight excluding hydrogens is 227 g/mol. The van der Waals surface area contributed by atoms with Gasteiger partial charge in [-0.15, -0.1) is 0 Å². The highest BCUT2D eigenvalue weighted by Crippen LogP contribution is 2.29. The molecule has 1 unspecified atom stereocenters. The first-order valence-corrected chi connectivity index (χ1v) is 6.92. The molecule has 0 spiro atoms. The zero-order valence-corrected chi connectivity index (χ0v) is 11.4. The van der Waals surface area contributed by atoms with Crippen molar-refractivity contribution in [3.63, 3.8) is 0 Å². The van der Waals surface area contributed by atoms with Crippen molar-refractivity contribution < 1.29 is 4.39 Å². The summed E-state index contributed by atoms with van der Waals surface area (Å²) >= 11 is 0. The van der Waals surface area contributed by atoms with Gasteiger partial charge in [0.25, 0.3) is 0 Å². The second-order valence-corrected chi connectivity index (χ2v) is 5.19. The van der Waals surface area contributed by atoms with Gasteiger partial charge in [0, 0.05) is 25.3 Å². The third kappa shape index (κ3) is 3.02. The molecule has 1 aliphatic heterocycles. The van der Waals surface area contributed by atoms with Crippen molar-refractivity contribution in [3.8, 4) is 0 Å². The lowest BCUT2D eigenvalue weighted by atomic mass is 10.0. The van der Waals surface area contributed by atoms with Gasteiger partial charge in [-0.3, -0.25) is 0 Å². The Bertz CT molecular complexity index is 392. The zero-order valence-electron chi connectivity index (χ0n) is 11.4. The number of anilines is 1. The minimum Gasteiger partial charge on any atom is -0.371 e. The van der Waals surface area contributed by atoms with Gasteiger partial charge in [-0.2, -0.15) is 0 Å². The third-order valence-corrected chi connectivity index (χ3v) is 3.73. The van der Waals surface area contributed by atoms with Gasteiger partial charge in [0.2, 0.25) is 0 Å². The summed E-state index contributed by atoms with van der Waals surface area (Å²) in [7, 11) is 1.90. The summed E-state index contributed by atoms with van der Waals surface area (Å²) in [4.78, 5) is 2.41. The van der Waals surface area contributed by atoms with E-state index in [1.807, 2.05) is 13.1 Å². The number of hydrogen-bond donors (Lipinski definition) is 1. The molecule has 1 aromatic rings. The number of halogens is 1. The number of nitrogens with one attached hydrogen (secondary N) is 1. The van der Waals surface area contributed by atoms with E-state index in [4.69, 9.17) is 0 Å². The summed E-state index contributed by atoms with van der Waals surface area (Å²) in [6.45, 7) is 5.19. The summed E-state index contributed by atoms with van der Waals surface area (Å²) in [6, 6.07) is 5.15. The van der Waals surface area contributed by atoms with E-state index < -0.39 is 0 Å². The first kappa shape index (κ1) is 13.3. The molecule has 100 valence electrons. The van der Waals surface area contributed by atoms with Gasteiger partial charge in [-0.25, -0.2) is 4.39 Å². The van der Waals surface area contributed by atoms with Gasteiger partial charge < -0.3 is 10.2 Å². The molecule has 2 rings (SSSR count). The maximum Gasteiger partial charge on any atom is 0.123 e. The van der Waals surface area contributed by atoms with Crippen molar-refractivity contribution in [2.45, 2.75) is 32.7 Å². The normalized spacial score (nSPS) is 19.5. The van der Waals surface area contributed by atoms with Gasteiger partial charge in [-0.05, 0) is 49.6 Å². The largest absolute Gasteiger partial charge is 0.371 e. The SMILES string of the molecule is CCCC1CCN(c2ccc(F)cc2CNC)C1. The fourth-order valence-corrected chi connectivity index (χ4v) is 2.89. The Balaban J connectivity index is 2.13. The smallest absolute Gasteiger partial charge is 0.123 e. The molecule has 1 fully saturated rings. The standard InChI is InChI=1S/C15H23FN2/c1-3-4-12-7-8-18(11-12)15-6-5-14(16)9-13(15)10-17-2/h5-6,9,12,17H,3-4,7-8,10-11H2,1-2H3. The average Bonchev–Trinajstić information content (AvgIpc) is 2.79.